The average molecular weight is 449 g/mol. The summed E-state index contributed by atoms with van der Waals surface area (Å²) in [5, 5.41) is 3.16. The van der Waals surface area contributed by atoms with Gasteiger partial charge >= 0.3 is 6.03 Å². The zero-order valence-corrected chi connectivity index (χ0v) is 18.6. The number of carbonyl (C=O) groups is 1. The number of carbonyl (C=O) groups excluding carboxylic acids is 1. The Morgan fingerprint density at radius 3 is 2.45 bits per heavy atom. The van der Waals surface area contributed by atoms with E-state index in [1.807, 2.05) is 9.80 Å². The molecule has 31 heavy (non-hydrogen) atoms. The average Bonchev–Trinajstić information content (AvgIpc) is 2.90. The van der Waals surface area contributed by atoms with Crippen LogP contribution in [0.5, 0.6) is 0 Å². The Morgan fingerprint density at radius 1 is 1.03 bits per heavy atom. The molecule has 1 saturated heterocycles. The lowest BCUT2D eigenvalue weighted by molar-refractivity contribution is 0.192. The van der Waals surface area contributed by atoms with Gasteiger partial charge in [-0.1, -0.05) is 31.4 Å². The molecule has 168 valence electrons. The molecule has 0 unspecified atom stereocenters. The number of benzene rings is 1. The van der Waals surface area contributed by atoms with E-state index in [4.69, 9.17) is 0 Å². The van der Waals surface area contributed by atoms with E-state index in [0.29, 0.717) is 43.2 Å². The molecule has 0 radical (unpaired) electrons. The minimum Gasteiger partial charge on any atom is -0.354 e. The van der Waals surface area contributed by atoms with E-state index in [-0.39, 0.29) is 17.0 Å². The molecule has 1 saturated carbocycles. The molecule has 2 fully saturated rings. The first-order chi connectivity index (χ1) is 14.8. The van der Waals surface area contributed by atoms with Crippen molar-refractivity contribution in [1.29, 1.82) is 0 Å². The normalized spacial score (nSPS) is 22.3. The van der Waals surface area contributed by atoms with Gasteiger partial charge in [-0.2, -0.15) is 8.42 Å². The Hall–Kier alpha value is -2.42. The lowest BCUT2D eigenvalue weighted by atomic mass is 9.96. The van der Waals surface area contributed by atoms with Crippen molar-refractivity contribution in [2.24, 2.45) is 4.40 Å². The van der Waals surface area contributed by atoms with Crippen LogP contribution in [0.3, 0.4) is 0 Å². The number of amides is 2. The van der Waals surface area contributed by atoms with Crippen molar-refractivity contribution in [2.45, 2.75) is 51.5 Å². The molecule has 0 bridgehead atoms. The number of nitrogens with one attached hydrogen (secondary N) is 1. The van der Waals surface area contributed by atoms with Gasteiger partial charge in [0, 0.05) is 37.8 Å². The number of rotatable bonds is 2. The van der Waals surface area contributed by atoms with Crippen molar-refractivity contribution in [1.82, 2.24) is 15.1 Å². The molecule has 1 aromatic rings. The number of halogens is 1. The highest BCUT2D eigenvalue weighted by atomic mass is 32.2. The Labute approximate surface area is 183 Å². The molecule has 2 amide bonds. The highest BCUT2D eigenvalue weighted by Gasteiger charge is 2.34. The lowest BCUT2D eigenvalue weighted by Gasteiger charge is -2.28. The summed E-state index contributed by atoms with van der Waals surface area (Å²) in [4.78, 5) is 16.6. The van der Waals surface area contributed by atoms with Crippen LogP contribution in [-0.2, 0) is 10.0 Å². The fraction of sp³-hybridized carbons (Fsp3) is 0.545. The van der Waals surface area contributed by atoms with Crippen LogP contribution in [0.2, 0.25) is 0 Å². The molecular formula is C22H29FN4O3S. The summed E-state index contributed by atoms with van der Waals surface area (Å²) < 4.78 is 42.8. The topological polar surface area (TPSA) is 82.1 Å². The van der Waals surface area contributed by atoms with Gasteiger partial charge in [-0.15, -0.1) is 4.40 Å². The summed E-state index contributed by atoms with van der Waals surface area (Å²) in [5.74, 6) is 0.00603. The van der Waals surface area contributed by atoms with E-state index >= 15 is 0 Å². The molecule has 3 aliphatic rings. The summed E-state index contributed by atoms with van der Waals surface area (Å²) in [7, 11) is -3.85. The van der Waals surface area contributed by atoms with Crippen molar-refractivity contribution < 1.29 is 17.6 Å². The molecule has 0 spiro atoms. The fourth-order valence-corrected chi connectivity index (χ4v) is 6.11. The van der Waals surface area contributed by atoms with Gasteiger partial charge in [-0.3, -0.25) is 0 Å². The van der Waals surface area contributed by atoms with Crippen molar-refractivity contribution >= 4 is 26.8 Å². The number of urea groups is 1. The number of amidine groups is 1. The predicted molar refractivity (Wildman–Crippen MR) is 119 cm³/mol. The second-order valence-electron chi connectivity index (χ2n) is 8.46. The number of nitrogens with zero attached hydrogens (tertiary/aromatic N) is 3. The van der Waals surface area contributed by atoms with Gasteiger partial charge in [0.25, 0.3) is 10.0 Å². The molecule has 0 aromatic heterocycles. The van der Waals surface area contributed by atoms with Crippen LogP contribution in [0.25, 0.3) is 4.91 Å². The third-order valence-electron chi connectivity index (χ3n) is 6.26. The monoisotopic (exact) mass is 448 g/mol. The standard InChI is InChI=1S/C22H29FN4O3S/c1-16-20(17-8-10-18(23)11-9-17)31(29,30)25-21(16)26-12-5-13-27(15-14-26)22(28)24-19-6-3-2-4-7-19/h8-11,19H,2-7,12-15H2,1H3,(H,24,28). The van der Waals surface area contributed by atoms with Crippen LogP contribution in [-0.4, -0.2) is 62.3 Å². The van der Waals surface area contributed by atoms with Crippen LogP contribution in [0.4, 0.5) is 9.18 Å². The van der Waals surface area contributed by atoms with Gasteiger partial charge in [-0.25, -0.2) is 9.18 Å². The molecule has 0 atom stereocenters. The van der Waals surface area contributed by atoms with Crippen LogP contribution >= 0.6 is 0 Å². The molecule has 2 heterocycles. The van der Waals surface area contributed by atoms with Gasteiger partial charge in [0.2, 0.25) is 0 Å². The highest BCUT2D eigenvalue weighted by molar-refractivity contribution is 8.00. The third kappa shape index (κ3) is 4.76. The van der Waals surface area contributed by atoms with Crippen LogP contribution < -0.4 is 5.32 Å². The third-order valence-corrected chi connectivity index (χ3v) is 7.73. The van der Waals surface area contributed by atoms with E-state index in [1.54, 1.807) is 6.92 Å². The zero-order chi connectivity index (χ0) is 22.0. The Morgan fingerprint density at radius 2 is 1.74 bits per heavy atom. The van der Waals surface area contributed by atoms with E-state index in [0.717, 1.165) is 32.1 Å². The van der Waals surface area contributed by atoms with Crippen LogP contribution in [0.15, 0.2) is 34.2 Å². The molecule has 1 N–H and O–H groups in total. The second kappa shape index (κ2) is 8.98. The Kier molecular flexibility index (Phi) is 6.31. The van der Waals surface area contributed by atoms with E-state index < -0.39 is 15.8 Å². The first kappa shape index (κ1) is 21.8. The minimum absolute atomic E-state index is 0.0333. The maximum atomic E-state index is 13.3. The van der Waals surface area contributed by atoms with Gasteiger partial charge in [0.15, 0.2) is 0 Å². The van der Waals surface area contributed by atoms with Crippen LogP contribution in [0, 0.1) is 5.82 Å². The number of hydrogen-bond donors (Lipinski definition) is 1. The summed E-state index contributed by atoms with van der Waals surface area (Å²) >= 11 is 0. The smallest absolute Gasteiger partial charge is 0.317 e. The highest BCUT2D eigenvalue weighted by Crippen LogP contribution is 2.34. The van der Waals surface area contributed by atoms with Crippen LogP contribution in [0.1, 0.15) is 51.0 Å². The predicted octanol–water partition coefficient (Wildman–Crippen LogP) is 3.35. The van der Waals surface area contributed by atoms with Gasteiger partial charge < -0.3 is 15.1 Å². The van der Waals surface area contributed by atoms with Crippen molar-refractivity contribution in [2.75, 3.05) is 26.2 Å². The molecule has 7 nitrogen and oxygen atoms in total. The Balaban J connectivity index is 1.46. The van der Waals surface area contributed by atoms with Crippen molar-refractivity contribution in [3.05, 3.63) is 41.2 Å². The number of sulfonamides is 1. The van der Waals surface area contributed by atoms with E-state index in [9.17, 15) is 17.6 Å². The zero-order valence-electron chi connectivity index (χ0n) is 17.8. The summed E-state index contributed by atoms with van der Waals surface area (Å²) in [5.41, 5.74) is 0.993. The van der Waals surface area contributed by atoms with Gasteiger partial charge in [0.1, 0.15) is 16.6 Å². The Bertz CT molecular complexity index is 998. The molecule has 1 aliphatic carbocycles. The molecule has 2 aliphatic heterocycles. The first-order valence-corrected chi connectivity index (χ1v) is 12.4. The first-order valence-electron chi connectivity index (χ1n) is 11.0. The second-order valence-corrected chi connectivity index (χ2v) is 10.0. The molecular weight excluding hydrogens is 419 g/mol. The maximum absolute atomic E-state index is 13.3. The molecule has 4 rings (SSSR count). The van der Waals surface area contributed by atoms with Gasteiger partial charge in [-0.05, 0) is 43.9 Å². The quantitative estimate of drug-likeness (QED) is 0.752. The van der Waals surface area contributed by atoms with Gasteiger partial charge in [0.05, 0.1) is 0 Å². The number of hydrogen-bond acceptors (Lipinski definition) is 4. The van der Waals surface area contributed by atoms with Crippen molar-refractivity contribution in [3.8, 4) is 0 Å². The lowest BCUT2D eigenvalue weighted by Crippen LogP contribution is -2.46. The summed E-state index contributed by atoms with van der Waals surface area (Å²) in [6.45, 7) is 4.01. The van der Waals surface area contributed by atoms with E-state index in [2.05, 4.69) is 9.71 Å². The maximum Gasteiger partial charge on any atom is 0.317 e. The fourth-order valence-electron chi connectivity index (χ4n) is 4.63. The minimum atomic E-state index is -3.85. The molecule has 9 heteroatoms. The SMILES string of the molecule is CC1=C(c2ccc(F)cc2)S(=O)(=O)N=C1N1CCCN(C(=O)NC2CCCCC2)CC1. The van der Waals surface area contributed by atoms with Crippen molar-refractivity contribution in [3.63, 3.8) is 0 Å². The molecule has 1 aromatic carbocycles. The van der Waals surface area contributed by atoms with E-state index in [1.165, 1.54) is 30.7 Å². The largest absolute Gasteiger partial charge is 0.354 e. The summed E-state index contributed by atoms with van der Waals surface area (Å²) in [6, 6.07) is 5.64. The summed E-state index contributed by atoms with van der Waals surface area (Å²) in [6.07, 6.45) is 6.37.